The van der Waals surface area contributed by atoms with Gasteiger partial charge in [-0.1, -0.05) is 18.2 Å². The maximum atomic E-state index is 11.5. The Morgan fingerprint density at radius 2 is 1.95 bits per heavy atom. The van der Waals surface area contributed by atoms with Crippen LogP contribution in [0.1, 0.15) is 11.6 Å². The molecule has 0 saturated carbocycles. The monoisotopic (exact) mass is 318 g/mol. The SMILES string of the molecule is NC1C(=O)Nc2cc(Oc3ccccc3)c(Br)cc21. The minimum absolute atomic E-state index is 0.196. The zero-order valence-electron chi connectivity index (χ0n) is 9.89. The highest BCUT2D eigenvalue weighted by atomic mass is 79.9. The van der Waals surface area contributed by atoms with Crippen LogP contribution in [-0.4, -0.2) is 5.91 Å². The summed E-state index contributed by atoms with van der Waals surface area (Å²) in [5.74, 6) is 1.18. The molecular weight excluding hydrogens is 308 g/mol. The molecule has 1 aliphatic rings. The summed E-state index contributed by atoms with van der Waals surface area (Å²) in [5.41, 5.74) is 7.26. The summed E-state index contributed by atoms with van der Waals surface area (Å²) >= 11 is 3.44. The van der Waals surface area contributed by atoms with Gasteiger partial charge in [0.25, 0.3) is 0 Å². The predicted octanol–water partition coefficient (Wildman–Crippen LogP) is 3.19. The van der Waals surface area contributed by atoms with Gasteiger partial charge in [0.2, 0.25) is 5.91 Å². The smallest absolute Gasteiger partial charge is 0.245 e. The number of ether oxygens (including phenoxy) is 1. The van der Waals surface area contributed by atoms with Crippen molar-refractivity contribution in [2.75, 3.05) is 5.32 Å². The van der Waals surface area contributed by atoms with Gasteiger partial charge in [-0.05, 0) is 34.1 Å². The molecule has 1 heterocycles. The molecule has 3 rings (SSSR count). The molecule has 0 aliphatic carbocycles. The molecule has 1 amide bonds. The topological polar surface area (TPSA) is 64.4 Å². The number of nitrogens with one attached hydrogen (secondary N) is 1. The Kier molecular flexibility index (Phi) is 3.00. The van der Waals surface area contributed by atoms with Crippen LogP contribution in [0.4, 0.5) is 5.69 Å². The summed E-state index contributed by atoms with van der Waals surface area (Å²) in [7, 11) is 0. The van der Waals surface area contributed by atoms with Crippen LogP contribution < -0.4 is 15.8 Å². The van der Waals surface area contributed by atoms with Gasteiger partial charge in [0.1, 0.15) is 17.5 Å². The lowest BCUT2D eigenvalue weighted by atomic mass is 10.1. The van der Waals surface area contributed by atoms with Crippen LogP contribution in [0.2, 0.25) is 0 Å². The average Bonchev–Trinajstić information content (AvgIpc) is 2.67. The standard InChI is InChI=1S/C14H11BrN2O2/c15-10-6-9-11(17-14(18)13(9)16)7-12(10)19-8-4-2-1-3-5-8/h1-7,13H,16H2,(H,17,18). The Morgan fingerprint density at radius 1 is 1.21 bits per heavy atom. The first kappa shape index (κ1) is 12.2. The third-order valence-electron chi connectivity index (χ3n) is 2.95. The van der Waals surface area contributed by atoms with Crippen molar-refractivity contribution in [3.05, 3.63) is 52.5 Å². The molecule has 0 radical (unpaired) electrons. The number of hydrogen-bond acceptors (Lipinski definition) is 3. The Labute approximate surface area is 118 Å². The van der Waals surface area contributed by atoms with E-state index in [2.05, 4.69) is 21.2 Å². The van der Waals surface area contributed by atoms with Crippen molar-refractivity contribution in [2.45, 2.75) is 6.04 Å². The third kappa shape index (κ3) is 2.22. The summed E-state index contributed by atoms with van der Waals surface area (Å²) in [6, 6.07) is 12.4. The molecule has 96 valence electrons. The molecule has 3 N–H and O–H groups in total. The molecule has 0 aromatic heterocycles. The first-order chi connectivity index (χ1) is 9.15. The van der Waals surface area contributed by atoms with E-state index in [0.29, 0.717) is 11.4 Å². The molecule has 1 aliphatic heterocycles. The highest BCUT2D eigenvalue weighted by Crippen LogP contribution is 2.39. The molecule has 0 spiro atoms. The van der Waals surface area contributed by atoms with Crippen LogP contribution in [-0.2, 0) is 4.79 Å². The molecular formula is C14H11BrN2O2. The highest BCUT2D eigenvalue weighted by Gasteiger charge is 2.28. The fraction of sp³-hybridized carbons (Fsp3) is 0.0714. The van der Waals surface area contributed by atoms with Gasteiger partial charge < -0.3 is 15.8 Å². The number of nitrogens with two attached hydrogens (primary N) is 1. The van der Waals surface area contributed by atoms with Gasteiger partial charge in [-0.2, -0.15) is 0 Å². The molecule has 1 atom stereocenters. The lowest BCUT2D eigenvalue weighted by Crippen LogP contribution is -2.19. The third-order valence-corrected chi connectivity index (χ3v) is 3.57. The van der Waals surface area contributed by atoms with E-state index in [0.717, 1.165) is 15.8 Å². The minimum Gasteiger partial charge on any atom is -0.456 e. The summed E-state index contributed by atoms with van der Waals surface area (Å²) in [6.45, 7) is 0. The average molecular weight is 319 g/mol. The number of carbonyl (C=O) groups excluding carboxylic acids is 1. The van der Waals surface area contributed by atoms with Gasteiger partial charge in [0, 0.05) is 17.3 Å². The fourth-order valence-electron chi connectivity index (χ4n) is 1.98. The summed E-state index contributed by atoms with van der Waals surface area (Å²) in [5, 5.41) is 2.74. The van der Waals surface area contributed by atoms with Crippen LogP contribution in [0.25, 0.3) is 0 Å². The molecule has 19 heavy (non-hydrogen) atoms. The first-order valence-corrected chi connectivity index (χ1v) is 6.57. The zero-order chi connectivity index (χ0) is 13.4. The van der Waals surface area contributed by atoms with Gasteiger partial charge in [0.05, 0.1) is 4.47 Å². The number of benzene rings is 2. The number of amides is 1. The van der Waals surface area contributed by atoms with Crippen molar-refractivity contribution in [1.29, 1.82) is 0 Å². The normalized spacial score (nSPS) is 16.9. The van der Waals surface area contributed by atoms with E-state index in [1.54, 1.807) is 6.07 Å². The maximum Gasteiger partial charge on any atom is 0.245 e. The Bertz CT molecular complexity index is 643. The second kappa shape index (κ2) is 4.68. The maximum absolute atomic E-state index is 11.5. The number of halogens is 1. The van der Waals surface area contributed by atoms with Gasteiger partial charge in [-0.15, -0.1) is 0 Å². The van der Waals surface area contributed by atoms with Crippen LogP contribution in [0.5, 0.6) is 11.5 Å². The molecule has 1 unspecified atom stereocenters. The van der Waals surface area contributed by atoms with Crippen molar-refractivity contribution < 1.29 is 9.53 Å². The zero-order valence-corrected chi connectivity index (χ0v) is 11.5. The summed E-state index contributed by atoms with van der Waals surface area (Å²) in [4.78, 5) is 11.5. The van der Waals surface area contributed by atoms with Crippen molar-refractivity contribution in [3.63, 3.8) is 0 Å². The Hall–Kier alpha value is -1.85. The molecule has 0 saturated heterocycles. The van der Waals surface area contributed by atoms with Crippen LogP contribution in [0.15, 0.2) is 46.9 Å². The van der Waals surface area contributed by atoms with Gasteiger partial charge >= 0.3 is 0 Å². The van der Waals surface area contributed by atoms with Gasteiger partial charge in [-0.3, -0.25) is 4.79 Å². The molecule has 2 aromatic carbocycles. The molecule has 0 bridgehead atoms. The van der Waals surface area contributed by atoms with E-state index in [1.165, 1.54) is 0 Å². The number of fused-ring (bicyclic) bond motifs is 1. The molecule has 0 fully saturated rings. The van der Waals surface area contributed by atoms with E-state index >= 15 is 0 Å². The molecule has 2 aromatic rings. The number of para-hydroxylation sites is 1. The van der Waals surface area contributed by atoms with Crippen LogP contribution in [0.3, 0.4) is 0 Å². The van der Waals surface area contributed by atoms with Crippen molar-refractivity contribution >= 4 is 27.5 Å². The van der Waals surface area contributed by atoms with Crippen molar-refractivity contribution in [3.8, 4) is 11.5 Å². The number of rotatable bonds is 2. The van der Waals surface area contributed by atoms with E-state index in [4.69, 9.17) is 10.5 Å². The van der Waals surface area contributed by atoms with Gasteiger partial charge in [-0.25, -0.2) is 0 Å². The highest BCUT2D eigenvalue weighted by molar-refractivity contribution is 9.10. The first-order valence-electron chi connectivity index (χ1n) is 5.78. The Morgan fingerprint density at radius 3 is 2.68 bits per heavy atom. The second-order valence-corrected chi connectivity index (χ2v) is 5.11. The van der Waals surface area contributed by atoms with Crippen molar-refractivity contribution in [1.82, 2.24) is 0 Å². The van der Waals surface area contributed by atoms with Crippen LogP contribution >= 0.6 is 15.9 Å². The van der Waals surface area contributed by atoms with E-state index < -0.39 is 6.04 Å². The molecule has 4 nitrogen and oxygen atoms in total. The predicted molar refractivity (Wildman–Crippen MR) is 76.2 cm³/mol. The molecule has 5 heteroatoms. The van der Waals surface area contributed by atoms with Crippen LogP contribution in [0, 0.1) is 0 Å². The van der Waals surface area contributed by atoms with Gasteiger partial charge in [0.15, 0.2) is 0 Å². The number of anilines is 1. The minimum atomic E-state index is -0.614. The number of carbonyl (C=O) groups is 1. The largest absolute Gasteiger partial charge is 0.456 e. The number of hydrogen-bond donors (Lipinski definition) is 2. The van der Waals surface area contributed by atoms with E-state index in [-0.39, 0.29) is 5.91 Å². The second-order valence-electron chi connectivity index (χ2n) is 4.25. The summed E-state index contributed by atoms with van der Waals surface area (Å²) < 4.78 is 6.53. The summed E-state index contributed by atoms with van der Waals surface area (Å²) in [6.07, 6.45) is 0. The fourth-order valence-corrected chi connectivity index (χ4v) is 2.42. The lowest BCUT2D eigenvalue weighted by molar-refractivity contribution is -0.116. The quantitative estimate of drug-likeness (QED) is 0.893. The van der Waals surface area contributed by atoms with Crippen molar-refractivity contribution in [2.24, 2.45) is 5.73 Å². The Balaban J connectivity index is 1.97. The van der Waals surface area contributed by atoms with E-state index in [9.17, 15) is 4.79 Å². The van der Waals surface area contributed by atoms with E-state index in [1.807, 2.05) is 36.4 Å². The lowest BCUT2D eigenvalue weighted by Gasteiger charge is -2.10.